The van der Waals surface area contributed by atoms with Gasteiger partial charge in [0.2, 0.25) is 5.91 Å². The number of amides is 1. The van der Waals surface area contributed by atoms with Crippen molar-refractivity contribution in [3.63, 3.8) is 0 Å². The van der Waals surface area contributed by atoms with E-state index in [1.165, 1.54) is 12.8 Å². The summed E-state index contributed by atoms with van der Waals surface area (Å²) < 4.78 is 1.78. The SMILES string of the molecule is CC[C@@H](C(=O)N1CCC(c2cc(N3CCCC3)ncn2)CC1)n1cccn1. The molecule has 7 heteroatoms. The van der Waals surface area contributed by atoms with E-state index in [1.54, 1.807) is 17.2 Å². The van der Waals surface area contributed by atoms with Gasteiger partial charge in [0.05, 0.1) is 0 Å². The fourth-order valence-electron chi connectivity index (χ4n) is 4.25. The number of rotatable bonds is 5. The van der Waals surface area contributed by atoms with Gasteiger partial charge in [-0.05, 0) is 38.2 Å². The van der Waals surface area contributed by atoms with Gasteiger partial charge in [0.1, 0.15) is 18.2 Å². The first-order valence-corrected chi connectivity index (χ1v) is 10.1. The van der Waals surface area contributed by atoms with Crippen LogP contribution in [0.1, 0.15) is 56.7 Å². The molecule has 0 radical (unpaired) electrons. The van der Waals surface area contributed by atoms with Gasteiger partial charge >= 0.3 is 0 Å². The molecule has 144 valence electrons. The monoisotopic (exact) mass is 368 g/mol. The van der Waals surface area contributed by atoms with Crippen LogP contribution in [0.3, 0.4) is 0 Å². The number of hydrogen-bond donors (Lipinski definition) is 0. The number of aromatic nitrogens is 4. The van der Waals surface area contributed by atoms with Crippen LogP contribution in [0.5, 0.6) is 0 Å². The second-order valence-corrected chi connectivity index (χ2v) is 7.50. The third kappa shape index (κ3) is 3.82. The Morgan fingerprint density at radius 2 is 1.96 bits per heavy atom. The zero-order chi connectivity index (χ0) is 18.6. The summed E-state index contributed by atoms with van der Waals surface area (Å²) in [6.45, 7) is 5.79. The second kappa shape index (κ2) is 8.06. The number of carbonyl (C=O) groups excluding carboxylic acids is 1. The lowest BCUT2D eigenvalue weighted by molar-refractivity contribution is -0.136. The van der Waals surface area contributed by atoms with E-state index in [4.69, 9.17) is 0 Å². The van der Waals surface area contributed by atoms with Gasteiger partial charge in [-0.25, -0.2) is 9.97 Å². The minimum Gasteiger partial charge on any atom is -0.357 e. The maximum Gasteiger partial charge on any atom is 0.247 e. The average Bonchev–Trinajstić information content (AvgIpc) is 3.43. The Hall–Kier alpha value is -2.44. The van der Waals surface area contributed by atoms with Crippen LogP contribution >= 0.6 is 0 Å². The molecule has 7 nitrogen and oxygen atoms in total. The number of likely N-dealkylation sites (tertiary alicyclic amines) is 1. The zero-order valence-electron chi connectivity index (χ0n) is 16.0. The number of anilines is 1. The Balaban J connectivity index is 1.39. The van der Waals surface area contributed by atoms with E-state index in [0.717, 1.165) is 57.0 Å². The number of carbonyl (C=O) groups is 1. The number of hydrogen-bond acceptors (Lipinski definition) is 5. The predicted octanol–water partition coefficient (Wildman–Crippen LogP) is 2.63. The third-order valence-corrected chi connectivity index (χ3v) is 5.84. The summed E-state index contributed by atoms with van der Waals surface area (Å²) in [6, 6.07) is 3.83. The molecule has 2 aromatic heterocycles. The van der Waals surface area contributed by atoms with E-state index >= 15 is 0 Å². The number of piperidine rings is 1. The van der Waals surface area contributed by atoms with Crippen LogP contribution in [0, 0.1) is 0 Å². The minimum atomic E-state index is -0.197. The topological polar surface area (TPSA) is 67.2 Å². The fourth-order valence-corrected chi connectivity index (χ4v) is 4.25. The van der Waals surface area contributed by atoms with E-state index < -0.39 is 0 Å². The van der Waals surface area contributed by atoms with Crippen LogP contribution in [0.4, 0.5) is 5.82 Å². The van der Waals surface area contributed by atoms with Crippen molar-refractivity contribution in [3.05, 3.63) is 36.5 Å². The van der Waals surface area contributed by atoms with Crippen molar-refractivity contribution in [1.82, 2.24) is 24.6 Å². The fraction of sp³-hybridized carbons (Fsp3) is 0.600. The van der Waals surface area contributed by atoms with E-state index in [1.807, 2.05) is 24.1 Å². The maximum absolute atomic E-state index is 12.9. The molecule has 0 aromatic carbocycles. The van der Waals surface area contributed by atoms with Gasteiger partial charge in [0.25, 0.3) is 0 Å². The van der Waals surface area contributed by atoms with Gasteiger partial charge in [-0.15, -0.1) is 0 Å². The summed E-state index contributed by atoms with van der Waals surface area (Å²) in [5.74, 6) is 1.64. The molecule has 2 aromatic rings. The lowest BCUT2D eigenvalue weighted by Crippen LogP contribution is -2.42. The van der Waals surface area contributed by atoms with Gasteiger partial charge in [-0.1, -0.05) is 6.92 Å². The van der Waals surface area contributed by atoms with Crippen LogP contribution in [0.2, 0.25) is 0 Å². The lowest BCUT2D eigenvalue weighted by atomic mass is 9.92. The molecule has 4 heterocycles. The van der Waals surface area contributed by atoms with Crippen molar-refractivity contribution in [2.24, 2.45) is 0 Å². The normalized spacial score (nSPS) is 19.4. The Labute approximate surface area is 160 Å². The standard InChI is InChI=1S/C20H28N6O/c1-2-18(26-11-5-8-23-26)20(27)25-12-6-16(7-13-25)17-14-19(22-15-21-17)24-9-3-4-10-24/h5,8,11,14-16,18H,2-4,6-7,9-10,12-13H2,1H3/t18-/m0/s1. The van der Waals surface area contributed by atoms with Crippen LogP contribution in [0.15, 0.2) is 30.9 Å². The summed E-state index contributed by atoms with van der Waals surface area (Å²) in [6.07, 6.45) is 10.5. The van der Waals surface area contributed by atoms with Crippen LogP contribution in [0.25, 0.3) is 0 Å². The van der Waals surface area contributed by atoms with E-state index in [-0.39, 0.29) is 11.9 Å². The zero-order valence-corrected chi connectivity index (χ0v) is 16.0. The summed E-state index contributed by atoms with van der Waals surface area (Å²) in [5.41, 5.74) is 1.12. The van der Waals surface area contributed by atoms with E-state index in [9.17, 15) is 4.79 Å². The Bertz CT molecular complexity index is 748. The molecule has 4 rings (SSSR count). The van der Waals surface area contributed by atoms with Crippen molar-refractivity contribution in [3.8, 4) is 0 Å². The van der Waals surface area contributed by atoms with Gasteiger partial charge in [-0.2, -0.15) is 5.10 Å². The first-order valence-electron chi connectivity index (χ1n) is 10.1. The smallest absolute Gasteiger partial charge is 0.247 e. The second-order valence-electron chi connectivity index (χ2n) is 7.50. The van der Waals surface area contributed by atoms with Crippen LogP contribution < -0.4 is 4.90 Å². The maximum atomic E-state index is 12.9. The molecule has 0 unspecified atom stereocenters. The third-order valence-electron chi connectivity index (χ3n) is 5.84. The largest absolute Gasteiger partial charge is 0.357 e. The molecule has 0 N–H and O–H groups in total. The quantitative estimate of drug-likeness (QED) is 0.812. The van der Waals surface area contributed by atoms with Crippen molar-refractivity contribution in [2.75, 3.05) is 31.1 Å². The molecule has 0 spiro atoms. The van der Waals surface area contributed by atoms with Gasteiger partial charge in [0.15, 0.2) is 0 Å². The Morgan fingerprint density at radius 3 is 2.63 bits per heavy atom. The molecular formula is C20H28N6O. The molecule has 0 bridgehead atoms. The molecule has 0 saturated carbocycles. The minimum absolute atomic E-state index is 0.181. The van der Waals surface area contributed by atoms with Crippen molar-refractivity contribution in [1.29, 1.82) is 0 Å². The van der Waals surface area contributed by atoms with Crippen LogP contribution in [-0.2, 0) is 4.79 Å². The highest BCUT2D eigenvalue weighted by molar-refractivity contribution is 5.80. The molecular weight excluding hydrogens is 340 g/mol. The van der Waals surface area contributed by atoms with Crippen LogP contribution in [-0.4, -0.2) is 56.7 Å². The van der Waals surface area contributed by atoms with Crippen molar-refractivity contribution < 1.29 is 4.79 Å². The highest BCUT2D eigenvalue weighted by Crippen LogP contribution is 2.30. The molecule has 2 aliphatic heterocycles. The van der Waals surface area contributed by atoms with Gasteiger partial charge in [-0.3, -0.25) is 9.48 Å². The predicted molar refractivity (Wildman–Crippen MR) is 104 cm³/mol. The molecule has 0 aliphatic carbocycles. The first-order chi connectivity index (χ1) is 13.3. The van der Waals surface area contributed by atoms with E-state index in [2.05, 4.69) is 26.0 Å². The summed E-state index contributed by atoms with van der Waals surface area (Å²) in [7, 11) is 0. The summed E-state index contributed by atoms with van der Waals surface area (Å²) >= 11 is 0. The summed E-state index contributed by atoms with van der Waals surface area (Å²) in [4.78, 5) is 26.3. The van der Waals surface area contributed by atoms with Gasteiger partial charge in [0, 0.05) is 56.3 Å². The van der Waals surface area contributed by atoms with E-state index in [0.29, 0.717) is 5.92 Å². The molecule has 1 amide bonds. The first kappa shape index (κ1) is 17.9. The molecule has 2 aliphatic rings. The average molecular weight is 368 g/mol. The lowest BCUT2D eigenvalue weighted by Gasteiger charge is -2.34. The highest BCUT2D eigenvalue weighted by Gasteiger charge is 2.30. The molecule has 27 heavy (non-hydrogen) atoms. The molecule has 2 saturated heterocycles. The van der Waals surface area contributed by atoms with Crippen molar-refractivity contribution >= 4 is 11.7 Å². The Morgan fingerprint density at radius 1 is 1.19 bits per heavy atom. The summed E-state index contributed by atoms with van der Waals surface area (Å²) in [5, 5.41) is 4.26. The molecule has 2 fully saturated rings. The number of nitrogens with zero attached hydrogens (tertiary/aromatic N) is 6. The Kier molecular flexibility index (Phi) is 5.36. The van der Waals surface area contributed by atoms with Crippen molar-refractivity contribution in [2.45, 2.75) is 51.0 Å². The molecule has 1 atom stereocenters. The van der Waals surface area contributed by atoms with Gasteiger partial charge < -0.3 is 9.80 Å². The highest BCUT2D eigenvalue weighted by atomic mass is 16.2.